The van der Waals surface area contributed by atoms with E-state index in [2.05, 4.69) is 13.8 Å². The summed E-state index contributed by atoms with van der Waals surface area (Å²) in [6, 6.07) is 3.98. The first-order chi connectivity index (χ1) is 13.0. The van der Waals surface area contributed by atoms with Crippen LogP contribution in [0.1, 0.15) is 11.1 Å². The monoisotopic (exact) mass is 422 g/mol. The van der Waals surface area contributed by atoms with Crippen molar-refractivity contribution in [3.05, 3.63) is 35.4 Å². The second-order valence-electron chi connectivity index (χ2n) is 6.29. The molecule has 1 aromatic carbocycles. The summed E-state index contributed by atoms with van der Waals surface area (Å²) in [5.41, 5.74) is -4.77. The molecule has 1 heterocycles. The molecule has 2 rings (SSSR count). The number of rotatable bonds is 6. The molecule has 7 nitrogen and oxygen atoms in total. The molecular weight excluding hydrogens is 401 g/mol. The third-order valence-corrected chi connectivity index (χ3v) is 5.14. The molecule has 1 aromatic rings. The summed E-state index contributed by atoms with van der Waals surface area (Å²) >= 11 is 0. The van der Waals surface area contributed by atoms with Gasteiger partial charge in [0.05, 0.1) is 7.11 Å². The lowest BCUT2D eigenvalue weighted by Gasteiger charge is -2.32. The molecule has 0 atom stereocenters. The van der Waals surface area contributed by atoms with Crippen molar-refractivity contribution in [3.63, 3.8) is 0 Å². The van der Waals surface area contributed by atoms with Gasteiger partial charge >= 0.3 is 21.6 Å². The highest BCUT2D eigenvalue weighted by Gasteiger charge is 2.48. The Morgan fingerprint density at radius 3 is 2.43 bits per heavy atom. The highest BCUT2D eigenvalue weighted by Crippen LogP contribution is 2.30. The number of likely N-dealkylation sites (N-methyl/N-ethyl adjacent to an activating group) is 1. The standard InChI is InChI=1S/C17H21F3N2O5S/c1-21-7-9-22(10-8-21)12-14-11-13(4-6-16(23)26-2)3-5-15(14)27-28(24,25)17(18,19)20/h3-6,11H,7-10,12H2,1-2H3. The molecule has 0 unspecified atom stereocenters. The first kappa shape index (κ1) is 22.2. The van der Waals surface area contributed by atoms with E-state index in [1.54, 1.807) is 0 Å². The Kier molecular flexibility index (Phi) is 7.07. The fourth-order valence-corrected chi connectivity index (χ4v) is 3.05. The average Bonchev–Trinajstić information content (AvgIpc) is 2.62. The summed E-state index contributed by atoms with van der Waals surface area (Å²) in [5.74, 6) is -0.993. The molecule has 0 N–H and O–H groups in total. The number of ether oxygens (including phenoxy) is 1. The summed E-state index contributed by atoms with van der Waals surface area (Å²) < 4.78 is 69.7. The molecule has 28 heavy (non-hydrogen) atoms. The number of halogens is 3. The molecule has 11 heteroatoms. The first-order valence-corrected chi connectivity index (χ1v) is 9.73. The van der Waals surface area contributed by atoms with Gasteiger partial charge in [0.2, 0.25) is 0 Å². The van der Waals surface area contributed by atoms with Crippen molar-refractivity contribution in [1.82, 2.24) is 9.80 Å². The molecule has 0 aromatic heterocycles. The van der Waals surface area contributed by atoms with Crippen LogP contribution >= 0.6 is 0 Å². The van der Waals surface area contributed by atoms with Crippen molar-refractivity contribution >= 4 is 22.2 Å². The maximum Gasteiger partial charge on any atom is 0.534 e. The van der Waals surface area contributed by atoms with E-state index in [1.807, 2.05) is 11.9 Å². The van der Waals surface area contributed by atoms with Crippen LogP contribution in [0.15, 0.2) is 24.3 Å². The molecule has 0 aliphatic carbocycles. The molecule has 1 aliphatic heterocycles. The van der Waals surface area contributed by atoms with E-state index in [4.69, 9.17) is 0 Å². The van der Waals surface area contributed by atoms with Crippen molar-refractivity contribution < 1.29 is 35.3 Å². The first-order valence-electron chi connectivity index (χ1n) is 8.32. The van der Waals surface area contributed by atoms with Gasteiger partial charge in [-0.05, 0) is 30.8 Å². The Labute approximate surface area is 161 Å². The zero-order valence-electron chi connectivity index (χ0n) is 15.4. The van der Waals surface area contributed by atoms with E-state index in [1.165, 1.54) is 25.3 Å². The fourth-order valence-electron chi connectivity index (χ4n) is 2.55. The van der Waals surface area contributed by atoms with Crippen LogP contribution in [0.4, 0.5) is 13.2 Å². The number of alkyl halides is 3. The number of hydrogen-bond donors (Lipinski definition) is 0. The maximum atomic E-state index is 12.7. The zero-order valence-corrected chi connectivity index (χ0v) is 16.2. The lowest BCUT2D eigenvalue weighted by molar-refractivity contribution is -0.134. The van der Waals surface area contributed by atoms with Crippen LogP contribution in [0.25, 0.3) is 6.08 Å². The molecule has 0 bridgehead atoms. The molecular formula is C17H21F3N2O5S. The van der Waals surface area contributed by atoms with E-state index in [9.17, 15) is 26.4 Å². The summed E-state index contributed by atoms with van der Waals surface area (Å²) in [5, 5.41) is 0. The van der Waals surface area contributed by atoms with Gasteiger partial charge in [0.15, 0.2) is 0 Å². The third-order valence-electron chi connectivity index (χ3n) is 4.17. The van der Waals surface area contributed by atoms with E-state index in [0.717, 1.165) is 25.2 Å². The maximum absolute atomic E-state index is 12.7. The summed E-state index contributed by atoms with van der Waals surface area (Å²) in [4.78, 5) is 15.3. The summed E-state index contributed by atoms with van der Waals surface area (Å²) in [6.07, 6.45) is 2.57. The zero-order chi connectivity index (χ0) is 20.9. The number of hydrogen-bond acceptors (Lipinski definition) is 7. The van der Waals surface area contributed by atoms with E-state index < -0.39 is 27.3 Å². The minimum Gasteiger partial charge on any atom is -0.466 e. The molecule has 1 saturated heterocycles. The van der Waals surface area contributed by atoms with Crippen LogP contribution in [-0.4, -0.2) is 70.0 Å². The van der Waals surface area contributed by atoms with Crippen molar-refractivity contribution in [3.8, 4) is 5.75 Å². The van der Waals surface area contributed by atoms with Crippen LogP contribution in [0.5, 0.6) is 5.75 Å². The van der Waals surface area contributed by atoms with Crippen molar-refractivity contribution in [2.45, 2.75) is 12.1 Å². The summed E-state index contributed by atoms with van der Waals surface area (Å²) in [7, 11) is -2.61. The smallest absolute Gasteiger partial charge is 0.466 e. The quantitative estimate of drug-likeness (QED) is 0.300. The molecule has 156 valence electrons. The van der Waals surface area contributed by atoms with Crippen LogP contribution in [0.3, 0.4) is 0 Å². The Balaban J connectivity index is 2.32. The topological polar surface area (TPSA) is 76.1 Å². The normalized spacial score (nSPS) is 17.0. The minimum atomic E-state index is -5.78. The van der Waals surface area contributed by atoms with Crippen molar-refractivity contribution in [1.29, 1.82) is 0 Å². The van der Waals surface area contributed by atoms with Gasteiger partial charge in [0, 0.05) is 44.4 Å². The molecule has 1 aliphatic rings. The summed E-state index contributed by atoms with van der Waals surface area (Å²) in [6.45, 7) is 3.10. The van der Waals surface area contributed by atoms with Crippen LogP contribution in [0, 0.1) is 0 Å². The Morgan fingerprint density at radius 2 is 1.86 bits per heavy atom. The molecule has 0 spiro atoms. The number of methoxy groups -OCH3 is 1. The Morgan fingerprint density at radius 1 is 1.21 bits per heavy atom. The molecule has 0 radical (unpaired) electrons. The fraction of sp³-hybridized carbons (Fsp3) is 0.471. The average molecular weight is 422 g/mol. The number of piperazine rings is 1. The number of carbonyl (C=O) groups excluding carboxylic acids is 1. The van der Waals surface area contributed by atoms with Gasteiger partial charge in [-0.15, -0.1) is 0 Å². The van der Waals surface area contributed by atoms with Crippen LogP contribution in [-0.2, 0) is 26.2 Å². The van der Waals surface area contributed by atoms with Gasteiger partial charge in [-0.25, -0.2) is 4.79 Å². The van der Waals surface area contributed by atoms with Gasteiger partial charge in [-0.3, -0.25) is 4.90 Å². The third kappa shape index (κ3) is 5.94. The molecule has 0 saturated carbocycles. The SMILES string of the molecule is COC(=O)C=Cc1ccc(OS(=O)(=O)C(F)(F)F)c(CN2CCN(C)CC2)c1. The van der Waals surface area contributed by atoms with Gasteiger partial charge in [0.1, 0.15) is 5.75 Å². The second-order valence-corrected chi connectivity index (χ2v) is 7.82. The number of carbonyl (C=O) groups is 1. The van der Waals surface area contributed by atoms with Crippen LogP contribution < -0.4 is 4.18 Å². The van der Waals surface area contributed by atoms with E-state index in [-0.39, 0.29) is 12.1 Å². The lowest BCUT2D eigenvalue weighted by atomic mass is 10.1. The van der Waals surface area contributed by atoms with Crippen molar-refractivity contribution in [2.75, 3.05) is 40.3 Å². The number of nitrogens with zero attached hydrogens (tertiary/aromatic N) is 2. The van der Waals surface area contributed by atoms with E-state index >= 15 is 0 Å². The largest absolute Gasteiger partial charge is 0.534 e. The van der Waals surface area contributed by atoms with Gasteiger partial charge < -0.3 is 13.8 Å². The number of benzene rings is 1. The molecule has 1 fully saturated rings. The predicted molar refractivity (Wildman–Crippen MR) is 95.9 cm³/mol. The van der Waals surface area contributed by atoms with Gasteiger partial charge in [-0.1, -0.05) is 6.07 Å². The van der Waals surface area contributed by atoms with E-state index in [0.29, 0.717) is 18.7 Å². The second kappa shape index (κ2) is 8.93. The number of esters is 1. The predicted octanol–water partition coefficient (Wildman–Crippen LogP) is 1.85. The Bertz CT molecular complexity index is 832. The highest BCUT2D eigenvalue weighted by molar-refractivity contribution is 7.88. The lowest BCUT2D eigenvalue weighted by Crippen LogP contribution is -2.44. The minimum absolute atomic E-state index is 0.205. The Hall–Kier alpha value is -2.11. The van der Waals surface area contributed by atoms with Crippen LogP contribution in [0.2, 0.25) is 0 Å². The molecule has 0 amide bonds. The van der Waals surface area contributed by atoms with Gasteiger partial charge in [-0.2, -0.15) is 21.6 Å². The van der Waals surface area contributed by atoms with Crippen molar-refractivity contribution in [2.24, 2.45) is 0 Å². The highest BCUT2D eigenvalue weighted by atomic mass is 32.2. The van der Waals surface area contributed by atoms with Gasteiger partial charge in [0.25, 0.3) is 0 Å².